The highest BCUT2D eigenvalue weighted by atomic mass is 19.2. The SMILES string of the molecule is CCC(CC)c1ccc(C)c(F)c1F. The Morgan fingerprint density at radius 2 is 1.64 bits per heavy atom. The fourth-order valence-corrected chi connectivity index (χ4v) is 1.70. The summed E-state index contributed by atoms with van der Waals surface area (Å²) in [4.78, 5) is 0. The molecule has 2 heteroatoms. The van der Waals surface area contributed by atoms with E-state index in [-0.39, 0.29) is 5.92 Å². The average Bonchev–Trinajstić information content (AvgIpc) is 2.19. The number of benzene rings is 1. The molecule has 0 N–H and O–H groups in total. The molecule has 1 rings (SSSR count). The summed E-state index contributed by atoms with van der Waals surface area (Å²) in [5, 5.41) is 0. The summed E-state index contributed by atoms with van der Waals surface area (Å²) in [6, 6.07) is 3.34. The first kappa shape index (κ1) is 11.2. The van der Waals surface area contributed by atoms with Gasteiger partial charge in [0.1, 0.15) is 0 Å². The Labute approximate surface area is 84.0 Å². The van der Waals surface area contributed by atoms with Crippen LogP contribution in [0.15, 0.2) is 12.1 Å². The monoisotopic (exact) mass is 198 g/mol. The van der Waals surface area contributed by atoms with Gasteiger partial charge in [-0.2, -0.15) is 0 Å². The maximum absolute atomic E-state index is 13.5. The Morgan fingerprint density at radius 3 is 2.14 bits per heavy atom. The molecule has 0 saturated heterocycles. The maximum atomic E-state index is 13.5. The number of aryl methyl sites for hydroxylation is 1. The Morgan fingerprint density at radius 1 is 1.07 bits per heavy atom. The van der Waals surface area contributed by atoms with Gasteiger partial charge in [0, 0.05) is 0 Å². The van der Waals surface area contributed by atoms with Gasteiger partial charge in [-0.3, -0.25) is 0 Å². The highest BCUT2D eigenvalue weighted by Gasteiger charge is 2.16. The summed E-state index contributed by atoms with van der Waals surface area (Å²) >= 11 is 0. The number of halogens is 2. The molecule has 1 aromatic rings. The topological polar surface area (TPSA) is 0 Å². The first-order valence-electron chi connectivity index (χ1n) is 5.06. The van der Waals surface area contributed by atoms with Crippen LogP contribution in [0.5, 0.6) is 0 Å². The van der Waals surface area contributed by atoms with Crippen LogP contribution in [0, 0.1) is 18.6 Å². The van der Waals surface area contributed by atoms with Crippen LogP contribution in [-0.4, -0.2) is 0 Å². The molecule has 0 unspecified atom stereocenters. The molecule has 0 aliphatic heterocycles. The van der Waals surface area contributed by atoms with E-state index in [0.29, 0.717) is 11.1 Å². The second-order valence-electron chi connectivity index (χ2n) is 3.61. The van der Waals surface area contributed by atoms with Crippen molar-refractivity contribution >= 4 is 0 Å². The van der Waals surface area contributed by atoms with Crippen LogP contribution in [0.3, 0.4) is 0 Å². The van der Waals surface area contributed by atoms with Gasteiger partial charge in [-0.05, 0) is 36.8 Å². The van der Waals surface area contributed by atoms with Crippen molar-refractivity contribution in [1.82, 2.24) is 0 Å². The molecule has 0 aliphatic carbocycles. The fourth-order valence-electron chi connectivity index (χ4n) is 1.70. The van der Waals surface area contributed by atoms with Gasteiger partial charge in [-0.1, -0.05) is 26.0 Å². The summed E-state index contributed by atoms with van der Waals surface area (Å²) in [7, 11) is 0. The molecule has 0 radical (unpaired) electrons. The van der Waals surface area contributed by atoms with Crippen molar-refractivity contribution in [3.8, 4) is 0 Å². The molecule has 0 atom stereocenters. The van der Waals surface area contributed by atoms with Crippen LogP contribution in [0.2, 0.25) is 0 Å². The molecule has 0 amide bonds. The minimum atomic E-state index is -0.700. The van der Waals surface area contributed by atoms with Gasteiger partial charge in [0.2, 0.25) is 0 Å². The third kappa shape index (κ3) is 1.94. The molecular formula is C12H16F2. The molecule has 0 bridgehead atoms. The summed E-state index contributed by atoms with van der Waals surface area (Å²) < 4.78 is 26.8. The Hall–Kier alpha value is -0.920. The van der Waals surface area contributed by atoms with Gasteiger partial charge in [0.25, 0.3) is 0 Å². The molecule has 0 nitrogen and oxygen atoms in total. The van der Waals surface area contributed by atoms with Gasteiger partial charge in [0.05, 0.1) is 0 Å². The Balaban J connectivity index is 3.16. The first-order chi connectivity index (χ1) is 6.61. The van der Waals surface area contributed by atoms with Crippen molar-refractivity contribution in [3.63, 3.8) is 0 Å². The highest BCUT2D eigenvalue weighted by Crippen LogP contribution is 2.27. The van der Waals surface area contributed by atoms with Crippen molar-refractivity contribution < 1.29 is 8.78 Å². The lowest BCUT2D eigenvalue weighted by Gasteiger charge is -2.14. The van der Waals surface area contributed by atoms with Crippen molar-refractivity contribution in [2.24, 2.45) is 0 Å². The van der Waals surface area contributed by atoms with Crippen LogP contribution < -0.4 is 0 Å². The van der Waals surface area contributed by atoms with Crippen LogP contribution in [0.25, 0.3) is 0 Å². The lowest BCUT2D eigenvalue weighted by Crippen LogP contribution is -2.02. The Kier molecular flexibility index (Phi) is 3.62. The fraction of sp³-hybridized carbons (Fsp3) is 0.500. The normalized spacial score (nSPS) is 11.0. The van der Waals surface area contributed by atoms with Gasteiger partial charge in [0.15, 0.2) is 11.6 Å². The van der Waals surface area contributed by atoms with E-state index in [1.54, 1.807) is 19.1 Å². The zero-order chi connectivity index (χ0) is 10.7. The summed E-state index contributed by atoms with van der Waals surface area (Å²) in [6.45, 7) is 5.56. The minimum absolute atomic E-state index is 0.130. The van der Waals surface area contributed by atoms with E-state index in [1.807, 2.05) is 13.8 Å². The van der Waals surface area contributed by atoms with E-state index >= 15 is 0 Å². The molecule has 0 aromatic heterocycles. The molecule has 0 aliphatic rings. The van der Waals surface area contributed by atoms with Gasteiger partial charge in [-0.25, -0.2) is 8.78 Å². The summed E-state index contributed by atoms with van der Waals surface area (Å²) in [6.07, 6.45) is 1.69. The molecule has 0 saturated carbocycles. The second kappa shape index (κ2) is 4.54. The molecular weight excluding hydrogens is 182 g/mol. The van der Waals surface area contributed by atoms with Crippen LogP contribution in [-0.2, 0) is 0 Å². The first-order valence-corrected chi connectivity index (χ1v) is 5.06. The van der Waals surface area contributed by atoms with E-state index in [2.05, 4.69) is 0 Å². The van der Waals surface area contributed by atoms with Crippen LogP contribution in [0.4, 0.5) is 8.78 Å². The van der Waals surface area contributed by atoms with E-state index in [0.717, 1.165) is 12.8 Å². The third-order valence-electron chi connectivity index (χ3n) is 2.73. The number of hydrogen-bond acceptors (Lipinski definition) is 0. The number of rotatable bonds is 3. The van der Waals surface area contributed by atoms with E-state index in [4.69, 9.17) is 0 Å². The maximum Gasteiger partial charge on any atom is 0.162 e. The van der Waals surface area contributed by atoms with Crippen molar-refractivity contribution in [1.29, 1.82) is 0 Å². The zero-order valence-corrected chi connectivity index (χ0v) is 8.90. The summed E-state index contributed by atoms with van der Waals surface area (Å²) in [5.74, 6) is -1.24. The lowest BCUT2D eigenvalue weighted by atomic mass is 9.92. The largest absolute Gasteiger partial charge is 0.203 e. The third-order valence-corrected chi connectivity index (χ3v) is 2.73. The van der Waals surface area contributed by atoms with E-state index in [9.17, 15) is 8.78 Å². The summed E-state index contributed by atoms with van der Waals surface area (Å²) in [5.41, 5.74) is 0.885. The molecule has 0 fully saturated rings. The standard InChI is InChI=1S/C12H16F2/c1-4-9(5-2)10-7-6-8(3)11(13)12(10)14/h6-7,9H,4-5H2,1-3H3. The molecule has 0 heterocycles. The highest BCUT2D eigenvalue weighted by molar-refractivity contribution is 5.28. The predicted molar refractivity (Wildman–Crippen MR) is 54.4 cm³/mol. The lowest BCUT2D eigenvalue weighted by molar-refractivity contribution is 0.477. The second-order valence-corrected chi connectivity index (χ2v) is 3.61. The van der Waals surface area contributed by atoms with Crippen LogP contribution in [0.1, 0.15) is 43.7 Å². The van der Waals surface area contributed by atoms with Crippen LogP contribution >= 0.6 is 0 Å². The average molecular weight is 198 g/mol. The van der Waals surface area contributed by atoms with E-state index < -0.39 is 11.6 Å². The van der Waals surface area contributed by atoms with Crippen molar-refractivity contribution in [3.05, 3.63) is 34.9 Å². The van der Waals surface area contributed by atoms with Crippen molar-refractivity contribution in [2.75, 3.05) is 0 Å². The van der Waals surface area contributed by atoms with Gasteiger partial charge in [-0.15, -0.1) is 0 Å². The minimum Gasteiger partial charge on any atom is -0.203 e. The molecule has 78 valence electrons. The predicted octanol–water partition coefficient (Wildman–Crippen LogP) is 4.18. The smallest absolute Gasteiger partial charge is 0.162 e. The quantitative estimate of drug-likeness (QED) is 0.683. The molecule has 0 spiro atoms. The van der Waals surface area contributed by atoms with Crippen molar-refractivity contribution in [2.45, 2.75) is 39.5 Å². The molecule has 1 aromatic carbocycles. The zero-order valence-electron chi connectivity index (χ0n) is 8.90. The van der Waals surface area contributed by atoms with E-state index in [1.165, 1.54) is 0 Å². The molecule has 14 heavy (non-hydrogen) atoms. The van der Waals surface area contributed by atoms with Gasteiger partial charge < -0.3 is 0 Å². The Bertz CT molecular complexity index is 314. The number of hydrogen-bond donors (Lipinski definition) is 0. The van der Waals surface area contributed by atoms with Gasteiger partial charge >= 0.3 is 0 Å².